The van der Waals surface area contributed by atoms with Gasteiger partial charge < -0.3 is 0 Å². The highest BCUT2D eigenvalue weighted by Crippen LogP contribution is 2.53. The van der Waals surface area contributed by atoms with Crippen molar-refractivity contribution in [2.45, 2.75) is 43.8 Å². The highest BCUT2D eigenvalue weighted by molar-refractivity contribution is 7.65. The second kappa shape index (κ2) is 5.78. The maximum absolute atomic E-state index is 6.48. The maximum atomic E-state index is 6.48. The SMILES string of the molecule is Cl[Si](Cl)(Cl)CC[Si](Cl)(Cl)CCC12C=CC(CC1)C2. The third-order valence-electron chi connectivity index (χ3n) is 4.17. The van der Waals surface area contributed by atoms with Crippen LogP contribution in [0.4, 0.5) is 0 Å². The molecule has 0 nitrogen and oxygen atoms in total. The number of hydrogen-bond acceptors (Lipinski definition) is 0. The van der Waals surface area contributed by atoms with E-state index in [0.717, 1.165) is 18.4 Å². The smallest absolute Gasteiger partial charge is 0.146 e. The van der Waals surface area contributed by atoms with Gasteiger partial charge >= 0.3 is 6.00 Å². The number of hydrogen-bond donors (Lipinski definition) is 0. The Labute approximate surface area is 134 Å². The number of fused-ring (bicyclic) bond motifs is 2. The molecular weight excluding hydrogens is 366 g/mol. The summed E-state index contributed by atoms with van der Waals surface area (Å²) in [6, 6.07) is -0.363. The summed E-state index contributed by atoms with van der Waals surface area (Å²) in [5, 5.41) is 0. The Morgan fingerprint density at radius 3 is 2.22 bits per heavy atom. The van der Waals surface area contributed by atoms with E-state index >= 15 is 0 Å². The topological polar surface area (TPSA) is 0 Å². The molecule has 104 valence electrons. The zero-order valence-electron chi connectivity index (χ0n) is 10.1. The van der Waals surface area contributed by atoms with Crippen molar-refractivity contribution in [2.24, 2.45) is 11.3 Å². The first-order valence-corrected chi connectivity index (χ1v) is 16.0. The molecule has 2 aliphatic carbocycles. The normalized spacial score (nSPS) is 31.3. The molecule has 2 unspecified atom stereocenters. The van der Waals surface area contributed by atoms with E-state index in [4.69, 9.17) is 55.4 Å². The molecule has 0 aromatic rings. The average Bonchev–Trinajstić information content (AvgIpc) is 2.84. The summed E-state index contributed by atoms with van der Waals surface area (Å²) < 4.78 is 0. The Kier molecular flexibility index (Phi) is 5.14. The summed E-state index contributed by atoms with van der Waals surface area (Å²) in [7, 11) is 0. The lowest BCUT2D eigenvalue weighted by atomic mass is 9.85. The van der Waals surface area contributed by atoms with Crippen molar-refractivity contribution in [3.63, 3.8) is 0 Å². The van der Waals surface area contributed by atoms with E-state index in [1.54, 1.807) is 0 Å². The molecule has 0 spiro atoms. The van der Waals surface area contributed by atoms with Gasteiger partial charge in [0.2, 0.25) is 0 Å². The van der Waals surface area contributed by atoms with Gasteiger partial charge in [-0.15, -0.1) is 55.4 Å². The molecule has 0 aromatic heterocycles. The monoisotopic (exact) mass is 380 g/mol. The molecule has 0 N–H and O–H groups in total. The molecule has 0 amide bonds. The minimum atomic E-state index is -2.58. The van der Waals surface area contributed by atoms with Crippen LogP contribution in [-0.2, 0) is 0 Å². The quantitative estimate of drug-likeness (QED) is 0.287. The fourth-order valence-corrected chi connectivity index (χ4v) is 11.6. The average molecular weight is 383 g/mol. The zero-order valence-corrected chi connectivity index (χ0v) is 15.9. The molecule has 0 aromatic carbocycles. The summed E-state index contributed by atoms with van der Waals surface area (Å²) in [6.07, 6.45) is 9.79. The van der Waals surface area contributed by atoms with E-state index in [2.05, 4.69) is 12.2 Å². The van der Waals surface area contributed by atoms with E-state index in [9.17, 15) is 0 Å². The van der Waals surface area contributed by atoms with Gasteiger partial charge in [0.1, 0.15) is 0 Å². The van der Waals surface area contributed by atoms with Crippen LogP contribution in [0.3, 0.4) is 0 Å². The second-order valence-electron chi connectivity index (χ2n) is 5.70. The van der Waals surface area contributed by atoms with Crippen LogP contribution in [0.15, 0.2) is 12.2 Å². The molecule has 0 aliphatic heterocycles. The third-order valence-corrected chi connectivity index (χ3v) is 11.4. The van der Waals surface area contributed by atoms with Crippen LogP contribution < -0.4 is 0 Å². The van der Waals surface area contributed by atoms with Crippen molar-refractivity contribution in [3.8, 4) is 0 Å². The molecular formula is C11H17Cl5Si2. The second-order valence-corrected chi connectivity index (χ2v) is 22.6. The van der Waals surface area contributed by atoms with Gasteiger partial charge in [0.05, 0.1) is 0 Å². The number of halogens is 5. The molecule has 0 heterocycles. The van der Waals surface area contributed by atoms with E-state index in [0.29, 0.717) is 17.5 Å². The van der Waals surface area contributed by atoms with Crippen LogP contribution >= 0.6 is 55.4 Å². The van der Waals surface area contributed by atoms with Crippen molar-refractivity contribution in [3.05, 3.63) is 12.2 Å². The van der Waals surface area contributed by atoms with Crippen LogP contribution in [0.1, 0.15) is 25.7 Å². The molecule has 0 saturated heterocycles. The van der Waals surface area contributed by atoms with Gasteiger partial charge in [-0.3, -0.25) is 0 Å². The lowest BCUT2D eigenvalue weighted by Gasteiger charge is -2.27. The highest BCUT2D eigenvalue weighted by atomic mass is 35.8. The summed E-state index contributed by atoms with van der Waals surface area (Å²) in [4.78, 5) is 0. The summed E-state index contributed by atoms with van der Waals surface area (Å²) in [6.45, 7) is -2.23. The van der Waals surface area contributed by atoms with Gasteiger partial charge in [-0.1, -0.05) is 12.2 Å². The molecule has 2 rings (SSSR count). The van der Waals surface area contributed by atoms with Crippen molar-refractivity contribution in [2.75, 3.05) is 0 Å². The Hall–Kier alpha value is 1.62. The predicted octanol–water partition coefficient (Wildman–Crippen LogP) is 6.31. The molecule has 7 heteroatoms. The first-order chi connectivity index (χ1) is 8.20. The Morgan fingerprint density at radius 1 is 1.06 bits per heavy atom. The van der Waals surface area contributed by atoms with Crippen molar-refractivity contribution in [1.82, 2.24) is 0 Å². The largest absolute Gasteiger partial charge is 0.341 e. The number of rotatable bonds is 6. The van der Waals surface area contributed by atoms with Crippen molar-refractivity contribution in [1.29, 1.82) is 0 Å². The zero-order chi connectivity index (χ0) is 13.4. The minimum Gasteiger partial charge on any atom is -0.146 e. The van der Waals surface area contributed by atoms with Crippen LogP contribution in [0.25, 0.3) is 0 Å². The van der Waals surface area contributed by atoms with Gasteiger partial charge in [-0.2, -0.15) is 0 Å². The first-order valence-electron chi connectivity index (χ1n) is 6.34. The predicted molar refractivity (Wildman–Crippen MR) is 88.7 cm³/mol. The third kappa shape index (κ3) is 4.58. The standard InChI is InChI=1S/C11H17Cl5Si2/c12-17(13,7-8-18(14,15)16)6-5-11-3-1-10(9-11)2-4-11/h1,3,10H,2,4-9H2. The maximum Gasteiger partial charge on any atom is 0.341 e. The van der Waals surface area contributed by atoms with Gasteiger partial charge in [0.15, 0.2) is 0 Å². The summed E-state index contributed by atoms with van der Waals surface area (Å²) >= 11 is 30.6. The Balaban J connectivity index is 1.80. The fraction of sp³-hybridized carbons (Fsp3) is 0.818. The van der Waals surface area contributed by atoms with E-state index in [-0.39, 0.29) is 0 Å². The molecule has 1 fully saturated rings. The highest BCUT2D eigenvalue weighted by Gasteiger charge is 2.43. The van der Waals surface area contributed by atoms with Gasteiger partial charge in [0, 0.05) is 0 Å². The van der Waals surface area contributed by atoms with E-state index in [1.807, 2.05) is 0 Å². The molecule has 0 radical (unpaired) electrons. The van der Waals surface area contributed by atoms with Crippen molar-refractivity contribution < 1.29 is 0 Å². The van der Waals surface area contributed by atoms with Crippen molar-refractivity contribution >= 4 is 68.1 Å². The molecule has 2 aliphatic rings. The van der Waals surface area contributed by atoms with Gasteiger partial charge in [0.25, 0.3) is 6.69 Å². The lowest BCUT2D eigenvalue weighted by molar-refractivity contribution is 0.387. The van der Waals surface area contributed by atoms with E-state index in [1.165, 1.54) is 19.3 Å². The number of allylic oxidation sites excluding steroid dienone is 2. The van der Waals surface area contributed by atoms with Gasteiger partial charge in [-0.05, 0) is 55.1 Å². The molecule has 1 saturated carbocycles. The molecule has 18 heavy (non-hydrogen) atoms. The minimum absolute atomic E-state index is 0.393. The van der Waals surface area contributed by atoms with E-state index < -0.39 is 12.7 Å². The van der Waals surface area contributed by atoms with Crippen LogP contribution in [0, 0.1) is 11.3 Å². The summed E-state index contributed by atoms with van der Waals surface area (Å²) in [5.41, 5.74) is 0.393. The van der Waals surface area contributed by atoms with Crippen LogP contribution in [-0.4, -0.2) is 12.7 Å². The lowest BCUT2D eigenvalue weighted by Crippen LogP contribution is -2.25. The molecule has 2 bridgehead atoms. The Morgan fingerprint density at radius 2 is 1.78 bits per heavy atom. The fourth-order valence-electron chi connectivity index (χ4n) is 3.05. The van der Waals surface area contributed by atoms with Crippen LogP contribution in [0.2, 0.25) is 18.1 Å². The first kappa shape index (κ1) is 16.0. The Bertz CT molecular complexity index is 339. The molecule has 2 atom stereocenters. The van der Waals surface area contributed by atoms with Crippen LogP contribution in [0.5, 0.6) is 0 Å². The van der Waals surface area contributed by atoms with Gasteiger partial charge in [-0.25, -0.2) is 0 Å². The summed E-state index contributed by atoms with van der Waals surface area (Å²) in [5.74, 6) is 0.806.